The Kier molecular flexibility index (Phi) is 7.06. The van der Waals surface area contributed by atoms with Gasteiger partial charge in [0.05, 0.1) is 5.69 Å². The van der Waals surface area contributed by atoms with Gasteiger partial charge in [-0.2, -0.15) is 8.78 Å². The summed E-state index contributed by atoms with van der Waals surface area (Å²) >= 11 is 0. The number of nitrogens with one attached hydrogen (secondary N) is 1. The minimum atomic E-state index is -2.49. The number of carbonyl (C=O) groups excluding carboxylic acids is 1. The molecule has 1 amide bonds. The van der Waals surface area contributed by atoms with E-state index in [0.29, 0.717) is 18.3 Å². The summed E-state index contributed by atoms with van der Waals surface area (Å²) in [5.41, 5.74) is -0.0211. The quantitative estimate of drug-likeness (QED) is 0.756. The van der Waals surface area contributed by atoms with E-state index >= 15 is 0 Å². The second kappa shape index (κ2) is 9.05. The predicted molar refractivity (Wildman–Crippen MR) is 92.1 cm³/mol. The number of nitrogens with zero attached hydrogens (tertiary/aromatic N) is 1. The van der Waals surface area contributed by atoms with Crippen LogP contribution in [0.3, 0.4) is 0 Å². The fourth-order valence-corrected chi connectivity index (χ4v) is 3.46. The van der Waals surface area contributed by atoms with Gasteiger partial charge in [0.25, 0.3) is 0 Å². The Morgan fingerprint density at radius 3 is 2.58 bits per heavy atom. The van der Waals surface area contributed by atoms with Gasteiger partial charge in [-0.25, -0.2) is 9.18 Å². The fraction of sp³-hybridized carbons (Fsp3) is 0.579. The molecule has 1 aliphatic carbocycles. The van der Waals surface area contributed by atoms with Crippen LogP contribution in [0.5, 0.6) is 0 Å². The smallest absolute Gasteiger partial charge is 0.408 e. The Balaban J connectivity index is 2.13. The summed E-state index contributed by atoms with van der Waals surface area (Å²) in [5.74, 6) is -0.803. The Morgan fingerprint density at radius 2 is 2.00 bits per heavy atom. The number of pyridine rings is 1. The van der Waals surface area contributed by atoms with Crippen molar-refractivity contribution in [3.05, 3.63) is 42.0 Å². The van der Waals surface area contributed by atoms with Crippen LogP contribution in [0.1, 0.15) is 51.8 Å². The van der Waals surface area contributed by atoms with Gasteiger partial charge in [-0.05, 0) is 42.7 Å². The van der Waals surface area contributed by atoms with Crippen molar-refractivity contribution in [3.8, 4) is 0 Å². The first-order chi connectivity index (χ1) is 12.3. The predicted octanol–water partition coefficient (Wildman–Crippen LogP) is 5.39. The van der Waals surface area contributed by atoms with Crippen LogP contribution >= 0.6 is 0 Å². The molecule has 26 heavy (non-hydrogen) atoms. The largest absolute Gasteiger partial charge is 0.446 e. The summed E-state index contributed by atoms with van der Waals surface area (Å²) in [4.78, 5) is 16.2. The standard InChI is InChI=1S/C19H25F3N2O2/c1-11(2)13-8-7-12(3)10-15(13)26-19(25)24-17(16(20)18(21)22)14-6-4-5-9-23-14/h4-6,9,11-13,15,17H,7-8,10H2,1-3H3,(H,24,25)/t12-,13+,15?,17?/m1/s1. The Hall–Kier alpha value is -2.05. The molecule has 7 heteroatoms. The van der Waals surface area contributed by atoms with E-state index in [9.17, 15) is 18.0 Å². The molecule has 1 heterocycles. The third-order valence-corrected chi connectivity index (χ3v) is 4.90. The lowest BCUT2D eigenvalue weighted by molar-refractivity contribution is 0.00496. The van der Waals surface area contributed by atoms with Crippen LogP contribution < -0.4 is 5.32 Å². The van der Waals surface area contributed by atoms with Crippen molar-refractivity contribution in [2.45, 2.75) is 52.2 Å². The molecule has 2 unspecified atom stereocenters. The van der Waals surface area contributed by atoms with E-state index in [1.54, 1.807) is 6.07 Å². The van der Waals surface area contributed by atoms with Gasteiger partial charge in [0, 0.05) is 6.20 Å². The highest BCUT2D eigenvalue weighted by atomic mass is 19.3. The zero-order chi connectivity index (χ0) is 19.3. The molecule has 0 spiro atoms. The topological polar surface area (TPSA) is 51.2 Å². The summed E-state index contributed by atoms with van der Waals surface area (Å²) in [6, 6.07) is 2.80. The van der Waals surface area contributed by atoms with E-state index < -0.39 is 24.0 Å². The van der Waals surface area contributed by atoms with Crippen LogP contribution in [0.2, 0.25) is 0 Å². The van der Waals surface area contributed by atoms with Crippen molar-refractivity contribution in [2.24, 2.45) is 17.8 Å². The van der Waals surface area contributed by atoms with Gasteiger partial charge >= 0.3 is 12.2 Å². The molecule has 0 bridgehead atoms. The molecule has 1 aromatic rings. The SMILES string of the molecule is CC(C)[C@@H]1CC[C@@H](C)CC1OC(=O)NC(C(F)=C(F)F)c1ccccn1. The molecule has 1 aliphatic rings. The number of amides is 1. The molecule has 1 saturated carbocycles. The molecule has 1 aromatic heterocycles. The first-order valence-corrected chi connectivity index (χ1v) is 8.88. The minimum Gasteiger partial charge on any atom is -0.446 e. The second-order valence-electron chi connectivity index (χ2n) is 7.21. The third kappa shape index (κ3) is 5.22. The highest BCUT2D eigenvalue weighted by Crippen LogP contribution is 2.35. The van der Waals surface area contributed by atoms with Crippen LogP contribution in [0.15, 0.2) is 36.3 Å². The molecule has 4 nitrogen and oxygen atoms in total. The normalized spacial score (nSPS) is 24.0. The van der Waals surface area contributed by atoms with E-state index in [4.69, 9.17) is 4.74 Å². The second-order valence-corrected chi connectivity index (χ2v) is 7.21. The van der Waals surface area contributed by atoms with Crippen LogP contribution in [0.25, 0.3) is 0 Å². The number of ether oxygens (including phenoxy) is 1. The maximum absolute atomic E-state index is 13.9. The Labute approximate surface area is 151 Å². The van der Waals surface area contributed by atoms with Crippen molar-refractivity contribution in [2.75, 3.05) is 0 Å². The highest BCUT2D eigenvalue weighted by molar-refractivity contribution is 5.68. The van der Waals surface area contributed by atoms with E-state index in [-0.39, 0.29) is 17.7 Å². The number of alkyl carbamates (subject to hydrolysis) is 1. The summed E-state index contributed by atoms with van der Waals surface area (Å²) in [6.45, 7) is 6.21. The van der Waals surface area contributed by atoms with Crippen molar-refractivity contribution < 1.29 is 22.7 Å². The number of rotatable bonds is 5. The summed E-state index contributed by atoms with van der Waals surface area (Å²) < 4.78 is 45.0. The lowest BCUT2D eigenvalue weighted by Gasteiger charge is -2.36. The lowest BCUT2D eigenvalue weighted by atomic mass is 9.75. The number of hydrogen-bond acceptors (Lipinski definition) is 3. The molecule has 4 atom stereocenters. The van der Waals surface area contributed by atoms with Gasteiger partial charge in [-0.15, -0.1) is 0 Å². The van der Waals surface area contributed by atoms with E-state index in [1.807, 2.05) is 0 Å². The molecule has 0 aliphatic heterocycles. The van der Waals surface area contributed by atoms with Gasteiger partial charge in [-0.1, -0.05) is 33.3 Å². The van der Waals surface area contributed by atoms with Crippen LogP contribution in [-0.4, -0.2) is 17.2 Å². The van der Waals surface area contributed by atoms with E-state index in [1.165, 1.54) is 18.3 Å². The first-order valence-electron chi connectivity index (χ1n) is 8.88. The van der Waals surface area contributed by atoms with Gasteiger partial charge in [0.2, 0.25) is 0 Å². The van der Waals surface area contributed by atoms with E-state index in [0.717, 1.165) is 12.8 Å². The molecule has 0 aromatic carbocycles. The number of carbonyl (C=O) groups is 1. The molecule has 1 N–H and O–H groups in total. The number of aromatic nitrogens is 1. The summed E-state index contributed by atoms with van der Waals surface area (Å²) in [6.07, 6.45) is 0.329. The Morgan fingerprint density at radius 1 is 1.27 bits per heavy atom. The van der Waals surface area contributed by atoms with Crippen LogP contribution in [0, 0.1) is 17.8 Å². The third-order valence-electron chi connectivity index (χ3n) is 4.90. The van der Waals surface area contributed by atoms with Crippen molar-refractivity contribution in [1.82, 2.24) is 10.3 Å². The van der Waals surface area contributed by atoms with Crippen LogP contribution in [0.4, 0.5) is 18.0 Å². The van der Waals surface area contributed by atoms with Gasteiger partial charge in [0.1, 0.15) is 12.1 Å². The average molecular weight is 370 g/mol. The number of hydrogen-bond donors (Lipinski definition) is 1. The van der Waals surface area contributed by atoms with Crippen LogP contribution in [-0.2, 0) is 4.74 Å². The average Bonchev–Trinajstić information content (AvgIpc) is 2.59. The molecular weight excluding hydrogens is 345 g/mol. The maximum atomic E-state index is 13.9. The monoisotopic (exact) mass is 370 g/mol. The minimum absolute atomic E-state index is 0.0211. The first kappa shape index (κ1) is 20.3. The summed E-state index contributed by atoms with van der Waals surface area (Å²) in [5, 5.41) is 2.20. The van der Waals surface area contributed by atoms with E-state index in [2.05, 4.69) is 31.1 Å². The Bertz CT molecular complexity index is 633. The fourth-order valence-electron chi connectivity index (χ4n) is 3.46. The van der Waals surface area contributed by atoms with Crippen molar-refractivity contribution >= 4 is 6.09 Å². The lowest BCUT2D eigenvalue weighted by Crippen LogP contribution is -2.40. The zero-order valence-corrected chi connectivity index (χ0v) is 15.2. The summed E-state index contributed by atoms with van der Waals surface area (Å²) in [7, 11) is 0. The molecule has 0 radical (unpaired) electrons. The maximum Gasteiger partial charge on any atom is 0.408 e. The van der Waals surface area contributed by atoms with Gasteiger partial charge < -0.3 is 10.1 Å². The molecule has 2 rings (SSSR count). The number of halogens is 3. The zero-order valence-electron chi connectivity index (χ0n) is 15.2. The molecule has 1 fully saturated rings. The van der Waals surface area contributed by atoms with Crippen molar-refractivity contribution in [1.29, 1.82) is 0 Å². The van der Waals surface area contributed by atoms with Crippen molar-refractivity contribution in [3.63, 3.8) is 0 Å². The molecular formula is C19H25F3N2O2. The molecule has 144 valence electrons. The van der Waals surface area contributed by atoms with Gasteiger partial charge in [0.15, 0.2) is 5.83 Å². The highest BCUT2D eigenvalue weighted by Gasteiger charge is 2.34. The van der Waals surface area contributed by atoms with Gasteiger partial charge in [-0.3, -0.25) is 4.98 Å². The molecule has 0 saturated heterocycles.